The number of hydrogen-bond donors (Lipinski definition) is 0. The van der Waals surface area contributed by atoms with Gasteiger partial charge in [0, 0.05) is 13.1 Å². The minimum Gasteiger partial charge on any atom is -0.308 e. The molecule has 0 unspecified atom stereocenters. The van der Waals surface area contributed by atoms with Crippen molar-refractivity contribution in [3.63, 3.8) is 0 Å². The van der Waals surface area contributed by atoms with Gasteiger partial charge in [-0.05, 0) is 12.5 Å². The van der Waals surface area contributed by atoms with E-state index in [1.54, 1.807) is 6.07 Å². The molecule has 0 amide bonds. The number of benzene rings is 1. The fourth-order valence-corrected chi connectivity index (χ4v) is 4.12. The topological polar surface area (TPSA) is 68.1 Å². The largest absolute Gasteiger partial charge is 0.308 e. The molecule has 1 aromatic heterocycles. The first kappa shape index (κ1) is 16.0. The summed E-state index contributed by atoms with van der Waals surface area (Å²) in [5, 5.41) is 7.14. The first-order valence-corrected chi connectivity index (χ1v) is 8.71. The molecule has 0 bridgehead atoms. The summed E-state index contributed by atoms with van der Waals surface area (Å²) < 4.78 is 53.2. The van der Waals surface area contributed by atoms with Gasteiger partial charge in [0.2, 0.25) is 10.0 Å². The smallest absolute Gasteiger partial charge is 0.297 e. The van der Waals surface area contributed by atoms with Crippen molar-refractivity contribution in [2.45, 2.75) is 32.2 Å². The Morgan fingerprint density at radius 1 is 1.26 bits per heavy atom. The SMILES string of the molecule is Cc1cccc(CS(=O)(=O)N2CCn3c(nnc3C(F)F)C2)c1. The van der Waals surface area contributed by atoms with E-state index in [1.807, 2.05) is 25.1 Å². The van der Waals surface area contributed by atoms with Gasteiger partial charge in [0.05, 0.1) is 12.3 Å². The molecule has 0 fully saturated rings. The lowest BCUT2D eigenvalue weighted by Gasteiger charge is -2.27. The maximum Gasteiger partial charge on any atom is 0.297 e. The zero-order valence-corrected chi connectivity index (χ0v) is 13.3. The highest BCUT2D eigenvalue weighted by Gasteiger charge is 2.31. The van der Waals surface area contributed by atoms with E-state index in [0.717, 1.165) is 5.56 Å². The molecule has 1 aliphatic heterocycles. The van der Waals surface area contributed by atoms with E-state index in [0.29, 0.717) is 5.56 Å². The summed E-state index contributed by atoms with van der Waals surface area (Å²) in [5.74, 6) is -0.278. The molecule has 0 spiro atoms. The average Bonchev–Trinajstić information content (AvgIpc) is 2.89. The van der Waals surface area contributed by atoms with Crippen molar-refractivity contribution in [1.29, 1.82) is 0 Å². The molecular formula is C14H16F2N4O2S. The Hall–Kier alpha value is -1.87. The molecule has 0 aliphatic carbocycles. The highest BCUT2D eigenvalue weighted by Crippen LogP contribution is 2.23. The van der Waals surface area contributed by atoms with Crippen LogP contribution in [0.3, 0.4) is 0 Å². The molecule has 2 aromatic rings. The van der Waals surface area contributed by atoms with Gasteiger partial charge < -0.3 is 4.57 Å². The van der Waals surface area contributed by atoms with Crippen molar-refractivity contribution in [2.75, 3.05) is 6.54 Å². The van der Waals surface area contributed by atoms with Crippen LogP contribution < -0.4 is 0 Å². The molecule has 0 atom stereocenters. The Morgan fingerprint density at radius 2 is 2.04 bits per heavy atom. The number of aromatic nitrogens is 3. The first-order chi connectivity index (χ1) is 10.9. The Balaban J connectivity index is 1.79. The molecule has 1 aromatic carbocycles. The lowest BCUT2D eigenvalue weighted by Crippen LogP contribution is -2.39. The summed E-state index contributed by atoms with van der Waals surface area (Å²) in [4.78, 5) is 0. The van der Waals surface area contributed by atoms with Crippen LogP contribution in [0.4, 0.5) is 8.78 Å². The normalized spacial score (nSPS) is 15.8. The van der Waals surface area contributed by atoms with Crippen LogP contribution in [0.1, 0.15) is 29.2 Å². The van der Waals surface area contributed by atoms with Gasteiger partial charge >= 0.3 is 0 Å². The number of sulfonamides is 1. The molecule has 9 heteroatoms. The minimum absolute atomic E-state index is 0.0339. The number of aryl methyl sites for hydroxylation is 1. The van der Waals surface area contributed by atoms with Crippen LogP contribution in [0, 0.1) is 6.92 Å². The van der Waals surface area contributed by atoms with Crippen molar-refractivity contribution in [3.05, 3.63) is 47.0 Å². The summed E-state index contributed by atoms with van der Waals surface area (Å²) in [6.07, 6.45) is -2.72. The number of alkyl halides is 2. The highest BCUT2D eigenvalue weighted by atomic mass is 32.2. The molecular weight excluding hydrogens is 326 g/mol. The third-order valence-corrected chi connectivity index (χ3v) is 5.56. The number of fused-ring (bicyclic) bond motifs is 1. The van der Waals surface area contributed by atoms with Gasteiger partial charge in [0.1, 0.15) is 5.82 Å². The van der Waals surface area contributed by atoms with Crippen LogP contribution in [-0.2, 0) is 28.9 Å². The molecule has 0 N–H and O–H groups in total. The van der Waals surface area contributed by atoms with Gasteiger partial charge in [-0.3, -0.25) is 0 Å². The molecule has 2 heterocycles. The molecule has 1 aliphatic rings. The van der Waals surface area contributed by atoms with Crippen molar-refractivity contribution in [3.8, 4) is 0 Å². The van der Waals surface area contributed by atoms with E-state index in [1.165, 1.54) is 8.87 Å². The van der Waals surface area contributed by atoms with E-state index in [4.69, 9.17) is 0 Å². The minimum atomic E-state index is -3.54. The van der Waals surface area contributed by atoms with E-state index in [2.05, 4.69) is 10.2 Å². The molecule has 3 rings (SSSR count). The van der Waals surface area contributed by atoms with Crippen LogP contribution in [0.5, 0.6) is 0 Å². The standard InChI is InChI=1S/C14H16F2N4O2S/c1-10-3-2-4-11(7-10)9-23(21,22)19-5-6-20-12(8-19)17-18-14(20)13(15)16/h2-4,7,13H,5-6,8-9H2,1H3. The van der Waals surface area contributed by atoms with Crippen LogP contribution >= 0.6 is 0 Å². The van der Waals surface area contributed by atoms with E-state index < -0.39 is 22.3 Å². The number of rotatable bonds is 4. The van der Waals surface area contributed by atoms with Crippen LogP contribution in [0.15, 0.2) is 24.3 Å². The van der Waals surface area contributed by atoms with Crippen molar-refractivity contribution in [2.24, 2.45) is 0 Å². The zero-order valence-electron chi connectivity index (χ0n) is 12.5. The third kappa shape index (κ3) is 3.25. The predicted octanol–water partition coefficient (Wildman–Crippen LogP) is 1.87. The highest BCUT2D eigenvalue weighted by molar-refractivity contribution is 7.88. The Bertz CT molecular complexity index is 820. The van der Waals surface area contributed by atoms with Crippen LogP contribution in [-0.4, -0.2) is 34.0 Å². The summed E-state index contributed by atoms with van der Waals surface area (Å²) in [6, 6.07) is 7.28. The predicted molar refractivity (Wildman–Crippen MR) is 79.2 cm³/mol. The van der Waals surface area contributed by atoms with E-state index in [-0.39, 0.29) is 31.2 Å². The second-order valence-electron chi connectivity index (χ2n) is 5.51. The first-order valence-electron chi connectivity index (χ1n) is 7.10. The van der Waals surface area contributed by atoms with E-state index in [9.17, 15) is 17.2 Å². The summed E-state index contributed by atoms with van der Waals surface area (Å²) in [6.45, 7) is 2.13. The fraction of sp³-hybridized carbons (Fsp3) is 0.429. The van der Waals surface area contributed by atoms with E-state index >= 15 is 0 Å². The lowest BCUT2D eigenvalue weighted by molar-refractivity contribution is 0.132. The van der Waals surface area contributed by atoms with Gasteiger partial charge in [-0.15, -0.1) is 10.2 Å². The number of halogens is 2. The lowest BCUT2D eigenvalue weighted by atomic mass is 10.2. The fourth-order valence-electron chi connectivity index (χ4n) is 2.66. The molecule has 0 saturated carbocycles. The monoisotopic (exact) mass is 342 g/mol. The van der Waals surface area contributed by atoms with Gasteiger partial charge in [-0.2, -0.15) is 4.31 Å². The van der Waals surface area contributed by atoms with Gasteiger partial charge in [-0.25, -0.2) is 17.2 Å². The number of hydrogen-bond acceptors (Lipinski definition) is 4. The maximum absolute atomic E-state index is 12.8. The van der Waals surface area contributed by atoms with Crippen molar-refractivity contribution >= 4 is 10.0 Å². The Morgan fingerprint density at radius 3 is 2.74 bits per heavy atom. The van der Waals surface area contributed by atoms with Crippen LogP contribution in [0.2, 0.25) is 0 Å². The Kier molecular flexibility index (Phi) is 4.15. The Labute approximate surface area is 132 Å². The zero-order chi connectivity index (χ0) is 16.6. The van der Waals surface area contributed by atoms with Crippen molar-refractivity contribution in [1.82, 2.24) is 19.1 Å². The second kappa shape index (κ2) is 5.97. The quantitative estimate of drug-likeness (QED) is 0.851. The van der Waals surface area contributed by atoms with Crippen molar-refractivity contribution < 1.29 is 17.2 Å². The van der Waals surface area contributed by atoms with Crippen LogP contribution in [0.25, 0.3) is 0 Å². The second-order valence-corrected chi connectivity index (χ2v) is 7.47. The summed E-state index contributed by atoms with van der Waals surface area (Å²) >= 11 is 0. The van der Waals surface area contributed by atoms with Gasteiger partial charge in [0.15, 0.2) is 5.82 Å². The summed E-state index contributed by atoms with van der Waals surface area (Å²) in [5.41, 5.74) is 1.68. The molecule has 0 radical (unpaired) electrons. The summed E-state index contributed by atoms with van der Waals surface area (Å²) in [7, 11) is -3.54. The van der Waals surface area contributed by atoms with Gasteiger partial charge in [0.25, 0.3) is 6.43 Å². The molecule has 0 saturated heterocycles. The number of nitrogens with zero attached hydrogens (tertiary/aromatic N) is 4. The molecule has 6 nitrogen and oxygen atoms in total. The molecule has 124 valence electrons. The van der Waals surface area contributed by atoms with Gasteiger partial charge in [-0.1, -0.05) is 29.8 Å². The molecule has 23 heavy (non-hydrogen) atoms. The average molecular weight is 342 g/mol. The third-order valence-electron chi connectivity index (χ3n) is 3.77. The maximum atomic E-state index is 12.8.